The van der Waals surface area contributed by atoms with Gasteiger partial charge < -0.3 is 15.0 Å². The van der Waals surface area contributed by atoms with Crippen molar-refractivity contribution in [1.82, 2.24) is 10.2 Å². The van der Waals surface area contributed by atoms with Crippen molar-refractivity contribution in [2.75, 3.05) is 26.5 Å². The normalized spacial score (nSPS) is 10.5. The molecule has 150 valence electrons. The predicted octanol–water partition coefficient (Wildman–Crippen LogP) is 4.39. The highest BCUT2D eigenvalue weighted by atomic mass is 35.5. The van der Waals surface area contributed by atoms with Gasteiger partial charge in [-0.15, -0.1) is 11.3 Å². The highest BCUT2D eigenvalue weighted by Crippen LogP contribution is 2.37. The van der Waals surface area contributed by atoms with Gasteiger partial charge in [0.2, 0.25) is 0 Å². The molecule has 0 atom stereocenters. The monoisotopic (exact) mass is 447 g/mol. The molecule has 0 aliphatic heterocycles. The number of hydrogen-bond acceptors (Lipinski definition) is 5. The Labute approximate surface area is 182 Å². The third-order valence-corrected chi connectivity index (χ3v) is 5.94. The SMILES string of the molecule is COc1ccc2c(Cl)c(C(=O)NC(=S)Nc3ccccc3C(=O)N(C)C)sc2c1. The van der Waals surface area contributed by atoms with Crippen LogP contribution in [0.5, 0.6) is 5.75 Å². The number of thiocarbonyl (C=S) groups is 1. The summed E-state index contributed by atoms with van der Waals surface area (Å²) in [6.07, 6.45) is 0. The molecule has 2 amide bonds. The number of anilines is 1. The minimum absolute atomic E-state index is 0.0695. The minimum Gasteiger partial charge on any atom is -0.497 e. The Morgan fingerprint density at radius 2 is 1.90 bits per heavy atom. The topological polar surface area (TPSA) is 70.7 Å². The lowest BCUT2D eigenvalue weighted by atomic mass is 10.1. The van der Waals surface area contributed by atoms with Crippen LogP contribution >= 0.6 is 35.2 Å². The Balaban J connectivity index is 1.79. The number of thiophene rings is 1. The molecule has 1 heterocycles. The highest BCUT2D eigenvalue weighted by Gasteiger charge is 2.19. The second kappa shape index (κ2) is 8.77. The number of fused-ring (bicyclic) bond motifs is 1. The molecule has 0 unspecified atom stereocenters. The fourth-order valence-corrected chi connectivity index (χ4v) is 4.29. The average Bonchev–Trinajstić information content (AvgIpc) is 3.03. The van der Waals surface area contributed by atoms with E-state index in [0.29, 0.717) is 26.9 Å². The first-order valence-corrected chi connectivity index (χ1v) is 10.1. The number of methoxy groups -OCH3 is 1. The smallest absolute Gasteiger partial charge is 0.269 e. The van der Waals surface area contributed by atoms with Gasteiger partial charge in [-0.05, 0) is 42.5 Å². The third kappa shape index (κ3) is 4.50. The zero-order valence-corrected chi connectivity index (χ0v) is 18.3. The molecule has 2 N–H and O–H groups in total. The number of amides is 2. The van der Waals surface area contributed by atoms with Crippen LogP contribution in [0.3, 0.4) is 0 Å². The van der Waals surface area contributed by atoms with Crippen molar-refractivity contribution < 1.29 is 14.3 Å². The van der Waals surface area contributed by atoms with E-state index in [9.17, 15) is 9.59 Å². The Hall–Kier alpha value is -2.68. The molecule has 0 aliphatic rings. The van der Waals surface area contributed by atoms with E-state index >= 15 is 0 Å². The van der Waals surface area contributed by atoms with Gasteiger partial charge in [-0.1, -0.05) is 23.7 Å². The van der Waals surface area contributed by atoms with Crippen molar-refractivity contribution >= 4 is 67.9 Å². The molecule has 3 aromatic rings. The molecule has 0 fully saturated rings. The van der Waals surface area contributed by atoms with Gasteiger partial charge in [-0.25, -0.2) is 0 Å². The van der Waals surface area contributed by atoms with Crippen LogP contribution in [-0.2, 0) is 0 Å². The van der Waals surface area contributed by atoms with E-state index in [1.54, 1.807) is 51.5 Å². The number of benzene rings is 2. The van der Waals surface area contributed by atoms with Crippen LogP contribution in [-0.4, -0.2) is 43.0 Å². The lowest BCUT2D eigenvalue weighted by Crippen LogP contribution is -2.34. The summed E-state index contributed by atoms with van der Waals surface area (Å²) in [4.78, 5) is 26.8. The molecule has 1 aromatic heterocycles. The molecule has 2 aromatic carbocycles. The summed E-state index contributed by atoms with van der Waals surface area (Å²) in [5.74, 6) is 0.0783. The summed E-state index contributed by atoms with van der Waals surface area (Å²) in [6, 6.07) is 12.3. The van der Waals surface area contributed by atoms with Crippen molar-refractivity contribution in [3.05, 3.63) is 57.9 Å². The molecular weight excluding hydrogens is 430 g/mol. The lowest BCUT2D eigenvalue weighted by molar-refractivity contribution is 0.0828. The van der Waals surface area contributed by atoms with Crippen LogP contribution in [0.1, 0.15) is 20.0 Å². The molecule has 0 saturated carbocycles. The molecule has 0 aliphatic carbocycles. The van der Waals surface area contributed by atoms with Crippen molar-refractivity contribution in [1.29, 1.82) is 0 Å². The Morgan fingerprint density at radius 1 is 1.17 bits per heavy atom. The van der Waals surface area contributed by atoms with E-state index in [2.05, 4.69) is 10.6 Å². The van der Waals surface area contributed by atoms with Crippen LogP contribution in [0.25, 0.3) is 10.1 Å². The number of rotatable bonds is 4. The van der Waals surface area contributed by atoms with Crippen molar-refractivity contribution in [3.63, 3.8) is 0 Å². The second-order valence-electron chi connectivity index (χ2n) is 6.26. The number of nitrogens with zero attached hydrogens (tertiary/aromatic N) is 1. The van der Waals surface area contributed by atoms with Crippen LogP contribution in [0.2, 0.25) is 5.02 Å². The molecule has 29 heavy (non-hydrogen) atoms. The van der Waals surface area contributed by atoms with E-state index in [1.165, 1.54) is 16.2 Å². The maximum Gasteiger partial charge on any atom is 0.269 e. The standard InChI is InChI=1S/C20H18ClN3O3S2/c1-24(2)19(26)12-6-4-5-7-14(12)22-20(28)23-18(25)17-16(21)13-9-8-11(27-3)10-15(13)29-17/h4-10H,1-3H3,(H2,22,23,25,28). The van der Waals surface area contributed by atoms with E-state index in [-0.39, 0.29) is 11.0 Å². The first-order chi connectivity index (χ1) is 13.8. The van der Waals surface area contributed by atoms with Gasteiger partial charge in [0.1, 0.15) is 10.6 Å². The summed E-state index contributed by atoms with van der Waals surface area (Å²) < 4.78 is 6.04. The van der Waals surface area contributed by atoms with E-state index in [0.717, 1.165) is 10.1 Å². The number of carbonyl (C=O) groups is 2. The van der Waals surface area contributed by atoms with Crippen molar-refractivity contribution in [3.8, 4) is 5.75 Å². The van der Waals surface area contributed by atoms with E-state index in [1.807, 2.05) is 12.1 Å². The summed E-state index contributed by atoms with van der Waals surface area (Å²) >= 11 is 12.9. The van der Waals surface area contributed by atoms with Crippen LogP contribution in [0.15, 0.2) is 42.5 Å². The first kappa shape index (κ1) is 21.0. The number of nitrogens with one attached hydrogen (secondary N) is 2. The minimum atomic E-state index is -0.427. The maximum atomic E-state index is 12.7. The average molecular weight is 448 g/mol. The summed E-state index contributed by atoms with van der Waals surface area (Å²) in [6.45, 7) is 0. The molecule has 9 heteroatoms. The number of halogens is 1. The Morgan fingerprint density at radius 3 is 2.59 bits per heavy atom. The molecule has 0 saturated heterocycles. The van der Waals surface area contributed by atoms with Gasteiger partial charge in [0, 0.05) is 24.2 Å². The summed E-state index contributed by atoms with van der Waals surface area (Å²) in [7, 11) is 4.91. The van der Waals surface area contributed by atoms with Gasteiger partial charge in [-0.2, -0.15) is 0 Å². The van der Waals surface area contributed by atoms with Gasteiger partial charge in [0.25, 0.3) is 11.8 Å². The Bertz CT molecular complexity index is 1110. The van der Waals surface area contributed by atoms with Crippen LogP contribution in [0, 0.1) is 0 Å². The number of ether oxygens (including phenoxy) is 1. The van der Waals surface area contributed by atoms with Gasteiger partial charge in [0.15, 0.2) is 5.11 Å². The second-order valence-corrected chi connectivity index (χ2v) is 8.10. The fourth-order valence-electron chi connectivity index (χ4n) is 2.65. The molecule has 0 bridgehead atoms. The fraction of sp³-hybridized carbons (Fsp3) is 0.150. The highest BCUT2D eigenvalue weighted by molar-refractivity contribution is 7.80. The summed E-state index contributed by atoms with van der Waals surface area (Å²) in [5.41, 5.74) is 0.949. The zero-order chi connectivity index (χ0) is 21.1. The lowest BCUT2D eigenvalue weighted by Gasteiger charge is -2.15. The number of para-hydroxylation sites is 1. The molecule has 3 rings (SSSR count). The molecule has 6 nitrogen and oxygen atoms in total. The van der Waals surface area contributed by atoms with E-state index < -0.39 is 5.91 Å². The van der Waals surface area contributed by atoms with Crippen LogP contribution < -0.4 is 15.4 Å². The quantitative estimate of drug-likeness (QED) is 0.580. The third-order valence-electron chi connectivity index (χ3n) is 4.08. The van der Waals surface area contributed by atoms with Gasteiger partial charge in [-0.3, -0.25) is 14.9 Å². The van der Waals surface area contributed by atoms with Gasteiger partial charge in [0.05, 0.1) is 23.4 Å². The summed E-state index contributed by atoms with van der Waals surface area (Å²) in [5, 5.41) is 6.73. The largest absolute Gasteiger partial charge is 0.497 e. The van der Waals surface area contributed by atoms with E-state index in [4.69, 9.17) is 28.6 Å². The number of hydrogen-bond donors (Lipinski definition) is 2. The first-order valence-electron chi connectivity index (χ1n) is 8.51. The zero-order valence-electron chi connectivity index (χ0n) is 15.9. The number of carbonyl (C=O) groups excluding carboxylic acids is 2. The van der Waals surface area contributed by atoms with Crippen molar-refractivity contribution in [2.24, 2.45) is 0 Å². The molecule has 0 spiro atoms. The maximum absolute atomic E-state index is 12.7. The molecular formula is C20H18ClN3O3S2. The van der Waals surface area contributed by atoms with Crippen molar-refractivity contribution in [2.45, 2.75) is 0 Å². The van der Waals surface area contributed by atoms with Gasteiger partial charge >= 0.3 is 0 Å². The predicted molar refractivity (Wildman–Crippen MR) is 122 cm³/mol. The van der Waals surface area contributed by atoms with Crippen LogP contribution in [0.4, 0.5) is 5.69 Å². The Kier molecular flexibility index (Phi) is 6.36. The molecule has 0 radical (unpaired) electrons.